The van der Waals surface area contributed by atoms with Gasteiger partial charge in [0.1, 0.15) is 5.82 Å². The molecule has 0 spiro atoms. The second-order valence-electron chi connectivity index (χ2n) is 5.40. The molecular weight excluding hydrogens is 297 g/mol. The molecule has 2 heterocycles. The van der Waals surface area contributed by atoms with E-state index in [2.05, 4.69) is 10.3 Å². The molecular formula is C17H18FN3O2. The van der Waals surface area contributed by atoms with E-state index in [4.69, 9.17) is 4.84 Å². The predicted molar refractivity (Wildman–Crippen MR) is 85.0 cm³/mol. The van der Waals surface area contributed by atoms with Crippen LogP contribution in [0.15, 0.2) is 30.6 Å². The lowest BCUT2D eigenvalue weighted by atomic mass is 10.0. The van der Waals surface area contributed by atoms with Gasteiger partial charge in [-0.1, -0.05) is 6.07 Å². The van der Waals surface area contributed by atoms with Crippen LogP contribution in [0.1, 0.15) is 28.4 Å². The van der Waals surface area contributed by atoms with Gasteiger partial charge in [-0.25, -0.2) is 9.45 Å². The number of pyridine rings is 1. The Labute approximate surface area is 134 Å². The minimum Gasteiger partial charge on any atom is -0.351 e. The zero-order chi connectivity index (χ0) is 16.4. The number of aryl methyl sites for hydroxylation is 1. The third-order valence-corrected chi connectivity index (χ3v) is 3.73. The van der Waals surface area contributed by atoms with Crippen LogP contribution in [0.5, 0.6) is 0 Å². The number of hydrogen-bond donors (Lipinski definition) is 1. The standard InChI is InChI=1S/C17H18FN3O2/c1-3-23-21-7-6-12-9-19-10-15(16(12)17(21)22)20-14-5-4-11(2)8-13(14)18/h4-5,8-10,20H,3,6-7H2,1-2H3. The number of benzene rings is 1. The highest BCUT2D eigenvalue weighted by molar-refractivity contribution is 6.01. The van der Waals surface area contributed by atoms with Gasteiger partial charge in [0.25, 0.3) is 5.91 Å². The molecule has 0 fully saturated rings. The maximum atomic E-state index is 14.1. The molecule has 1 N–H and O–H groups in total. The van der Waals surface area contributed by atoms with E-state index in [-0.39, 0.29) is 11.7 Å². The second kappa shape index (κ2) is 6.34. The molecule has 0 radical (unpaired) electrons. The Balaban J connectivity index is 1.97. The number of nitrogens with zero attached hydrogens (tertiary/aromatic N) is 2. The molecule has 3 rings (SSSR count). The van der Waals surface area contributed by atoms with Crippen LogP contribution in [0.2, 0.25) is 0 Å². The fourth-order valence-electron chi connectivity index (χ4n) is 2.63. The number of halogens is 1. The quantitative estimate of drug-likeness (QED) is 0.941. The number of rotatable bonds is 4. The number of carbonyl (C=O) groups excluding carboxylic acids is 1. The number of fused-ring (bicyclic) bond motifs is 1. The number of hydrogen-bond acceptors (Lipinski definition) is 4. The Morgan fingerprint density at radius 2 is 2.17 bits per heavy atom. The summed E-state index contributed by atoms with van der Waals surface area (Å²) in [4.78, 5) is 22.1. The Morgan fingerprint density at radius 3 is 2.91 bits per heavy atom. The molecule has 0 saturated heterocycles. The van der Waals surface area contributed by atoms with E-state index in [0.29, 0.717) is 36.5 Å². The number of hydroxylamine groups is 2. The molecule has 5 nitrogen and oxygen atoms in total. The Hall–Kier alpha value is -2.47. The van der Waals surface area contributed by atoms with Gasteiger partial charge in [0.2, 0.25) is 0 Å². The van der Waals surface area contributed by atoms with Crippen LogP contribution >= 0.6 is 0 Å². The van der Waals surface area contributed by atoms with Crippen molar-refractivity contribution in [2.75, 3.05) is 18.5 Å². The molecule has 1 amide bonds. The molecule has 1 aromatic heterocycles. The minimum absolute atomic E-state index is 0.231. The van der Waals surface area contributed by atoms with Gasteiger partial charge in [0.15, 0.2) is 0 Å². The van der Waals surface area contributed by atoms with Gasteiger partial charge in [0.05, 0.1) is 36.3 Å². The highest BCUT2D eigenvalue weighted by Crippen LogP contribution is 2.29. The van der Waals surface area contributed by atoms with Gasteiger partial charge in [-0.05, 0) is 43.5 Å². The molecule has 1 aromatic carbocycles. The van der Waals surface area contributed by atoms with Gasteiger partial charge in [-0.2, -0.15) is 0 Å². The Bertz CT molecular complexity index is 749. The van der Waals surface area contributed by atoms with E-state index < -0.39 is 0 Å². The second-order valence-corrected chi connectivity index (χ2v) is 5.40. The van der Waals surface area contributed by atoms with Gasteiger partial charge in [-0.15, -0.1) is 0 Å². The predicted octanol–water partition coefficient (Wildman–Crippen LogP) is 3.22. The van der Waals surface area contributed by atoms with Crippen molar-refractivity contribution in [1.29, 1.82) is 0 Å². The monoisotopic (exact) mass is 315 g/mol. The summed E-state index contributed by atoms with van der Waals surface area (Å²) >= 11 is 0. The van der Waals surface area contributed by atoms with Crippen molar-refractivity contribution in [3.05, 3.63) is 53.1 Å². The molecule has 2 aromatic rings. The first-order valence-corrected chi connectivity index (χ1v) is 7.55. The van der Waals surface area contributed by atoms with Crippen LogP contribution in [0, 0.1) is 12.7 Å². The van der Waals surface area contributed by atoms with Gasteiger partial charge < -0.3 is 5.32 Å². The molecule has 0 aliphatic carbocycles. The third-order valence-electron chi connectivity index (χ3n) is 3.73. The van der Waals surface area contributed by atoms with Crippen LogP contribution in [-0.4, -0.2) is 29.1 Å². The van der Waals surface area contributed by atoms with Crippen LogP contribution in [-0.2, 0) is 11.3 Å². The van der Waals surface area contributed by atoms with E-state index in [0.717, 1.165) is 11.1 Å². The lowest BCUT2D eigenvalue weighted by molar-refractivity contribution is -0.120. The van der Waals surface area contributed by atoms with Gasteiger partial charge in [-0.3, -0.25) is 14.6 Å². The third kappa shape index (κ3) is 3.03. The van der Waals surface area contributed by atoms with Crippen molar-refractivity contribution in [2.45, 2.75) is 20.3 Å². The smallest absolute Gasteiger partial charge is 0.279 e. The summed E-state index contributed by atoms with van der Waals surface area (Å²) in [7, 11) is 0. The Kier molecular flexibility index (Phi) is 4.25. The number of anilines is 2. The first-order chi connectivity index (χ1) is 11.1. The van der Waals surface area contributed by atoms with E-state index in [1.807, 2.05) is 19.9 Å². The van der Waals surface area contributed by atoms with Crippen molar-refractivity contribution in [1.82, 2.24) is 10.0 Å². The normalized spacial score (nSPS) is 13.9. The molecule has 0 atom stereocenters. The molecule has 0 saturated carbocycles. The molecule has 1 aliphatic heterocycles. The van der Waals surface area contributed by atoms with Gasteiger partial charge >= 0.3 is 0 Å². The summed E-state index contributed by atoms with van der Waals surface area (Å²) < 4.78 is 14.1. The number of amides is 1. The summed E-state index contributed by atoms with van der Waals surface area (Å²) in [6, 6.07) is 4.90. The number of aromatic nitrogens is 1. The van der Waals surface area contributed by atoms with Crippen molar-refractivity contribution in [3.63, 3.8) is 0 Å². The fourth-order valence-corrected chi connectivity index (χ4v) is 2.63. The maximum absolute atomic E-state index is 14.1. The first kappa shape index (κ1) is 15.4. The number of nitrogens with one attached hydrogen (secondary N) is 1. The molecule has 23 heavy (non-hydrogen) atoms. The molecule has 120 valence electrons. The first-order valence-electron chi connectivity index (χ1n) is 7.55. The fraction of sp³-hybridized carbons (Fsp3) is 0.294. The average Bonchev–Trinajstić information content (AvgIpc) is 2.53. The maximum Gasteiger partial charge on any atom is 0.279 e. The zero-order valence-corrected chi connectivity index (χ0v) is 13.1. The van der Waals surface area contributed by atoms with Crippen molar-refractivity contribution in [2.24, 2.45) is 0 Å². The largest absolute Gasteiger partial charge is 0.351 e. The molecule has 6 heteroatoms. The van der Waals surface area contributed by atoms with Crippen LogP contribution in [0.25, 0.3) is 0 Å². The number of carbonyl (C=O) groups is 1. The topological polar surface area (TPSA) is 54.5 Å². The van der Waals surface area contributed by atoms with Gasteiger partial charge in [0, 0.05) is 6.20 Å². The van der Waals surface area contributed by atoms with E-state index >= 15 is 0 Å². The van der Waals surface area contributed by atoms with E-state index in [1.54, 1.807) is 12.3 Å². The van der Waals surface area contributed by atoms with Crippen molar-refractivity contribution < 1.29 is 14.0 Å². The summed E-state index contributed by atoms with van der Waals surface area (Å²) in [6.07, 6.45) is 3.86. The van der Waals surface area contributed by atoms with Crippen molar-refractivity contribution in [3.8, 4) is 0 Å². The summed E-state index contributed by atoms with van der Waals surface area (Å²) in [5.74, 6) is -0.599. The Morgan fingerprint density at radius 1 is 1.35 bits per heavy atom. The zero-order valence-electron chi connectivity index (χ0n) is 13.1. The lowest BCUT2D eigenvalue weighted by Gasteiger charge is -2.28. The van der Waals surface area contributed by atoms with E-state index in [9.17, 15) is 9.18 Å². The summed E-state index contributed by atoms with van der Waals surface area (Å²) in [5, 5.41) is 4.33. The lowest BCUT2D eigenvalue weighted by Crippen LogP contribution is -2.38. The SMILES string of the molecule is CCON1CCc2cncc(Nc3ccc(C)cc3F)c2C1=O. The van der Waals surface area contributed by atoms with Crippen LogP contribution in [0.4, 0.5) is 15.8 Å². The van der Waals surface area contributed by atoms with Crippen LogP contribution in [0.3, 0.4) is 0 Å². The average molecular weight is 315 g/mol. The highest BCUT2D eigenvalue weighted by atomic mass is 19.1. The highest BCUT2D eigenvalue weighted by Gasteiger charge is 2.28. The molecule has 1 aliphatic rings. The molecule has 0 bridgehead atoms. The van der Waals surface area contributed by atoms with Crippen molar-refractivity contribution >= 4 is 17.3 Å². The molecule has 0 unspecified atom stereocenters. The summed E-state index contributed by atoms with van der Waals surface area (Å²) in [6.45, 7) is 4.56. The van der Waals surface area contributed by atoms with Crippen LogP contribution < -0.4 is 5.32 Å². The minimum atomic E-state index is -0.368. The van der Waals surface area contributed by atoms with E-state index in [1.165, 1.54) is 17.3 Å². The summed E-state index contributed by atoms with van der Waals surface area (Å²) in [5.41, 5.74) is 2.95.